The SMILES string of the molecule is O=S(=O)(Nc1cncnc1)c1ccc2nc(Cl)ccc2c1. The first-order chi connectivity index (χ1) is 10.0. The second kappa shape index (κ2) is 5.27. The van der Waals surface area contributed by atoms with E-state index in [2.05, 4.69) is 19.7 Å². The summed E-state index contributed by atoms with van der Waals surface area (Å²) in [7, 11) is -3.71. The Balaban J connectivity index is 2.01. The Morgan fingerprint density at radius 3 is 2.57 bits per heavy atom. The molecule has 0 fully saturated rings. The van der Waals surface area contributed by atoms with Crippen molar-refractivity contribution in [1.82, 2.24) is 15.0 Å². The normalized spacial score (nSPS) is 11.5. The molecule has 0 aliphatic rings. The fourth-order valence-electron chi connectivity index (χ4n) is 1.81. The lowest BCUT2D eigenvalue weighted by molar-refractivity contribution is 0.601. The number of hydrogen-bond donors (Lipinski definition) is 1. The van der Waals surface area contributed by atoms with Gasteiger partial charge in [0.2, 0.25) is 0 Å². The van der Waals surface area contributed by atoms with Crippen LogP contribution in [-0.4, -0.2) is 23.4 Å². The summed E-state index contributed by atoms with van der Waals surface area (Å²) in [6, 6.07) is 7.94. The molecule has 0 saturated carbocycles. The lowest BCUT2D eigenvalue weighted by Crippen LogP contribution is -2.13. The van der Waals surface area contributed by atoms with Gasteiger partial charge in [0.15, 0.2) is 0 Å². The first-order valence-electron chi connectivity index (χ1n) is 5.89. The summed E-state index contributed by atoms with van der Waals surface area (Å²) in [6.07, 6.45) is 4.09. The number of benzene rings is 1. The monoisotopic (exact) mass is 320 g/mol. The van der Waals surface area contributed by atoms with Gasteiger partial charge in [-0.25, -0.2) is 23.4 Å². The van der Waals surface area contributed by atoms with Crippen molar-refractivity contribution >= 4 is 38.2 Å². The van der Waals surface area contributed by atoms with Crippen LogP contribution in [0.25, 0.3) is 10.9 Å². The molecule has 0 radical (unpaired) electrons. The van der Waals surface area contributed by atoms with Gasteiger partial charge in [-0.3, -0.25) is 4.72 Å². The van der Waals surface area contributed by atoms with Gasteiger partial charge in [0.25, 0.3) is 10.0 Å². The lowest BCUT2D eigenvalue weighted by atomic mass is 10.2. The molecule has 0 saturated heterocycles. The molecular weight excluding hydrogens is 312 g/mol. The fraction of sp³-hybridized carbons (Fsp3) is 0. The van der Waals surface area contributed by atoms with Crippen molar-refractivity contribution in [2.24, 2.45) is 0 Å². The van der Waals surface area contributed by atoms with E-state index in [0.717, 1.165) is 0 Å². The maximum Gasteiger partial charge on any atom is 0.262 e. The summed E-state index contributed by atoms with van der Waals surface area (Å²) in [5.74, 6) is 0. The number of halogens is 1. The van der Waals surface area contributed by atoms with Crippen molar-refractivity contribution in [3.8, 4) is 0 Å². The van der Waals surface area contributed by atoms with Crippen LogP contribution in [0.1, 0.15) is 0 Å². The summed E-state index contributed by atoms with van der Waals surface area (Å²) in [5.41, 5.74) is 0.927. The minimum absolute atomic E-state index is 0.128. The molecule has 1 N–H and O–H groups in total. The minimum Gasteiger partial charge on any atom is -0.276 e. The summed E-state index contributed by atoms with van der Waals surface area (Å²) < 4.78 is 27.0. The highest BCUT2D eigenvalue weighted by Crippen LogP contribution is 2.21. The van der Waals surface area contributed by atoms with Crippen molar-refractivity contribution in [1.29, 1.82) is 0 Å². The van der Waals surface area contributed by atoms with E-state index in [1.54, 1.807) is 18.2 Å². The highest BCUT2D eigenvalue weighted by Gasteiger charge is 2.15. The van der Waals surface area contributed by atoms with Crippen LogP contribution in [0.3, 0.4) is 0 Å². The second-order valence-corrected chi connectivity index (χ2v) is 6.29. The molecule has 0 atom stereocenters. The molecule has 8 heteroatoms. The average Bonchev–Trinajstić information content (AvgIpc) is 2.47. The summed E-state index contributed by atoms with van der Waals surface area (Å²) >= 11 is 5.80. The van der Waals surface area contributed by atoms with E-state index in [1.807, 2.05) is 0 Å². The van der Waals surface area contributed by atoms with Crippen LogP contribution in [-0.2, 0) is 10.0 Å². The van der Waals surface area contributed by atoms with Crippen LogP contribution in [0.5, 0.6) is 0 Å². The van der Waals surface area contributed by atoms with E-state index in [4.69, 9.17) is 11.6 Å². The lowest BCUT2D eigenvalue weighted by Gasteiger charge is -2.08. The van der Waals surface area contributed by atoms with Gasteiger partial charge >= 0.3 is 0 Å². The Hall–Kier alpha value is -2.25. The number of nitrogens with zero attached hydrogens (tertiary/aromatic N) is 3. The standard InChI is InChI=1S/C13H9ClN4O2S/c14-13-4-1-9-5-11(2-3-12(9)17-13)21(19,20)18-10-6-15-8-16-7-10/h1-8,18H. The maximum atomic E-state index is 12.3. The van der Waals surface area contributed by atoms with Crippen molar-refractivity contribution in [2.75, 3.05) is 4.72 Å². The van der Waals surface area contributed by atoms with Crippen LogP contribution in [0.15, 0.2) is 53.9 Å². The zero-order valence-electron chi connectivity index (χ0n) is 10.6. The van der Waals surface area contributed by atoms with Crippen molar-refractivity contribution in [2.45, 2.75) is 4.90 Å². The third kappa shape index (κ3) is 2.93. The molecule has 1 aromatic carbocycles. The number of pyridine rings is 1. The Labute approximate surface area is 125 Å². The highest BCUT2D eigenvalue weighted by molar-refractivity contribution is 7.92. The quantitative estimate of drug-likeness (QED) is 0.749. The van der Waals surface area contributed by atoms with E-state index in [-0.39, 0.29) is 4.90 Å². The molecule has 0 spiro atoms. The number of nitrogens with one attached hydrogen (secondary N) is 1. The molecule has 0 unspecified atom stereocenters. The molecule has 2 aromatic heterocycles. The molecule has 106 valence electrons. The van der Waals surface area contributed by atoms with Gasteiger partial charge in [-0.1, -0.05) is 11.6 Å². The molecule has 3 aromatic rings. The predicted octanol–water partition coefficient (Wildman–Crippen LogP) is 2.48. The maximum absolute atomic E-state index is 12.3. The van der Waals surface area contributed by atoms with Crippen molar-refractivity contribution < 1.29 is 8.42 Å². The Morgan fingerprint density at radius 1 is 1.05 bits per heavy atom. The highest BCUT2D eigenvalue weighted by atomic mass is 35.5. The molecule has 0 aliphatic heterocycles. The smallest absolute Gasteiger partial charge is 0.262 e. The number of aromatic nitrogens is 3. The zero-order valence-corrected chi connectivity index (χ0v) is 12.1. The number of fused-ring (bicyclic) bond motifs is 1. The predicted molar refractivity (Wildman–Crippen MR) is 79.6 cm³/mol. The number of hydrogen-bond acceptors (Lipinski definition) is 5. The summed E-state index contributed by atoms with van der Waals surface area (Å²) in [4.78, 5) is 11.8. The van der Waals surface area contributed by atoms with Crippen molar-refractivity contribution in [3.05, 3.63) is 54.2 Å². The zero-order chi connectivity index (χ0) is 14.9. The van der Waals surface area contributed by atoms with Gasteiger partial charge in [-0.05, 0) is 30.3 Å². The third-order valence-electron chi connectivity index (χ3n) is 2.75. The van der Waals surface area contributed by atoms with Crippen LogP contribution in [0.4, 0.5) is 5.69 Å². The Morgan fingerprint density at radius 2 is 1.81 bits per heavy atom. The van der Waals surface area contributed by atoms with E-state index in [9.17, 15) is 8.42 Å². The van der Waals surface area contributed by atoms with E-state index >= 15 is 0 Å². The van der Waals surface area contributed by atoms with Crippen LogP contribution < -0.4 is 4.72 Å². The first-order valence-corrected chi connectivity index (χ1v) is 7.75. The van der Waals surface area contributed by atoms with Crippen LogP contribution in [0, 0.1) is 0 Å². The number of rotatable bonds is 3. The molecule has 6 nitrogen and oxygen atoms in total. The third-order valence-corrected chi connectivity index (χ3v) is 4.34. The Bertz CT molecular complexity index is 900. The summed E-state index contributed by atoms with van der Waals surface area (Å²) in [5, 5.41) is 1.05. The number of sulfonamides is 1. The van der Waals surface area contributed by atoms with Crippen LogP contribution >= 0.6 is 11.6 Å². The largest absolute Gasteiger partial charge is 0.276 e. The fourth-order valence-corrected chi connectivity index (χ4v) is 3.03. The molecule has 0 amide bonds. The van der Waals surface area contributed by atoms with Gasteiger partial charge in [-0.15, -0.1) is 0 Å². The van der Waals surface area contributed by atoms with Gasteiger partial charge in [0, 0.05) is 5.39 Å². The topological polar surface area (TPSA) is 84.8 Å². The molecule has 0 aliphatic carbocycles. The van der Waals surface area contributed by atoms with Crippen LogP contribution in [0.2, 0.25) is 5.15 Å². The molecule has 3 rings (SSSR count). The summed E-state index contributed by atoms with van der Waals surface area (Å²) in [6.45, 7) is 0. The molecule has 2 heterocycles. The van der Waals surface area contributed by atoms with Gasteiger partial charge < -0.3 is 0 Å². The van der Waals surface area contributed by atoms with Gasteiger partial charge in [0.05, 0.1) is 28.5 Å². The second-order valence-electron chi connectivity index (χ2n) is 4.22. The van der Waals surface area contributed by atoms with Gasteiger partial charge in [-0.2, -0.15) is 0 Å². The Kier molecular flexibility index (Phi) is 3.44. The van der Waals surface area contributed by atoms with E-state index in [0.29, 0.717) is 21.7 Å². The van der Waals surface area contributed by atoms with Crippen molar-refractivity contribution in [3.63, 3.8) is 0 Å². The first kappa shape index (κ1) is 13.7. The van der Waals surface area contributed by atoms with E-state index in [1.165, 1.54) is 30.9 Å². The molecular formula is C13H9ClN4O2S. The van der Waals surface area contributed by atoms with E-state index < -0.39 is 10.0 Å². The van der Waals surface area contributed by atoms with Gasteiger partial charge in [0.1, 0.15) is 11.5 Å². The minimum atomic E-state index is -3.71. The molecule has 21 heavy (non-hydrogen) atoms. The average molecular weight is 321 g/mol. The molecule has 0 bridgehead atoms. The number of anilines is 1.